The van der Waals surface area contributed by atoms with Crippen molar-refractivity contribution in [3.8, 4) is 5.75 Å². The number of nitro groups is 1. The maximum atomic E-state index is 13.4. The average Bonchev–Trinajstić information content (AvgIpc) is 3.04. The van der Waals surface area contributed by atoms with Crippen molar-refractivity contribution in [3.63, 3.8) is 0 Å². The van der Waals surface area contributed by atoms with Gasteiger partial charge in [0.1, 0.15) is 29.4 Å². The Kier molecular flexibility index (Phi) is 6.66. The zero-order valence-corrected chi connectivity index (χ0v) is 22.3. The van der Waals surface area contributed by atoms with Crippen LogP contribution in [0.1, 0.15) is 18.9 Å². The Morgan fingerprint density at radius 3 is 2.62 bits per heavy atom. The Balaban J connectivity index is 1.76. The molecule has 1 unspecified atom stereocenters. The highest BCUT2D eigenvalue weighted by Crippen LogP contribution is 2.48. The zero-order chi connectivity index (χ0) is 24.9. The Morgan fingerprint density at radius 2 is 1.97 bits per heavy atom. The van der Waals surface area contributed by atoms with Gasteiger partial charge in [-0.2, -0.15) is 0 Å². The average molecular weight is 576 g/mol. The molecule has 1 saturated heterocycles. The van der Waals surface area contributed by atoms with Gasteiger partial charge in [0.2, 0.25) is 11.7 Å². The first-order valence-corrected chi connectivity index (χ1v) is 15.7. The number of imidazole rings is 1. The number of rotatable bonds is 7. The van der Waals surface area contributed by atoms with E-state index in [1.807, 2.05) is 0 Å². The summed E-state index contributed by atoms with van der Waals surface area (Å²) in [5.41, 5.74) is -0.600. The van der Waals surface area contributed by atoms with Crippen molar-refractivity contribution in [2.75, 3.05) is 19.9 Å². The summed E-state index contributed by atoms with van der Waals surface area (Å²) < 4.78 is 13.7. The van der Waals surface area contributed by atoms with Gasteiger partial charge in [0.25, 0.3) is 5.91 Å². The minimum Gasteiger partial charge on any atom is -0.483 e. The fourth-order valence-electron chi connectivity index (χ4n) is 4.19. The number of imide groups is 1. The summed E-state index contributed by atoms with van der Waals surface area (Å²) in [5, 5.41) is 11.6. The van der Waals surface area contributed by atoms with Gasteiger partial charge < -0.3 is 9.47 Å². The molecule has 0 bridgehead atoms. The number of hydrogen-bond donors (Lipinski definition) is 0. The van der Waals surface area contributed by atoms with Crippen molar-refractivity contribution in [2.24, 2.45) is 0 Å². The summed E-state index contributed by atoms with van der Waals surface area (Å²) >= 11 is 9.66. The molecular formula is C20H24BrClN4O7Si. The number of likely N-dealkylation sites (tertiary alicyclic amines) is 1. The molecule has 184 valence electrons. The van der Waals surface area contributed by atoms with Crippen molar-refractivity contribution in [2.45, 2.75) is 51.1 Å². The van der Waals surface area contributed by atoms with Crippen LogP contribution in [0.4, 0.5) is 5.69 Å². The van der Waals surface area contributed by atoms with Crippen LogP contribution in [0.3, 0.4) is 0 Å². The number of hydrogen-bond acceptors (Lipinski definition) is 7. The normalized spacial score (nSPS) is 18.5. The van der Waals surface area contributed by atoms with E-state index in [0.29, 0.717) is 6.61 Å². The molecule has 2 amide bonds. The minimum absolute atomic E-state index is 0.0414. The van der Waals surface area contributed by atoms with Gasteiger partial charge in [0.15, 0.2) is 0 Å². The smallest absolute Gasteiger partial charge is 0.330 e. The van der Waals surface area contributed by atoms with E-state index in [4.69, 9.17) is 21.1 Å². The van der Waals surface area contributed by atoms with Crippen LogP contribution in [0.15, 0.2) is 9.27 Å². The topological polar surface area (TPSA) is 126 Å². The lowest BCUT2D eigenvalue weighted by Crippen LogP contribution is -2.48. The van der Waals surface area contributed by atoms with Gasteiger partial charge in [-0.15, -0.1) is 0 Å². The molecule has 0 radical (unpaired) electrons. The second-order valence-electron chi connectivity index (χ2n) is 9.48. The molecule has 2 aliphatic heterocycles. The van der Waals surface area contributed by atoms with E-state index in [0.717, 1.165) is 10.9 Å². The SMILES string of the molecule is C[Si](C)(C)CCOCN1C(=O)CCC(n2c(=O)n3c4c(c([N+](=O)[O-])c(Br)c(Cl)c42)OCC3)C1=O. The van der Waals surface area contributed by atoms with Gasteiger partial charge in [0, 0.05) is 21.1 Å². The molecule has 34 heavy (non-hydrogen) atoms. The van der Waals surface area contributed by atoms with Crippen LogP contribution in [-0.4, -0.2) is 58.8 Å². The molecule has 11 nitrogen and oxygen atoms in total. The Labute approximate surface area is 208 Å². The van der Waals surface area contributed by atoms with Crippen LogP contribution >= 0.6 is 27.5 Å². The van der Waals surface area contributed by atoms with Crippen molar-refractivity contribution >= 4 is 64.1 Å². The first kappa shape index (κ1) is 24.9. The molecule has 1 aromatic carbocycles. The zero-order valence-electron chi connectivity index (χ0n) is 18.9. The highest BCUT2D eigenvalue weighted by Gasteiger charge is 2.41. The van der Waals surface area contributed by atoms with Crippen molar-refractivity contribution < 1.29 is 24.0 Å². The lowest BCUT2D eigenvalue weighted by molar-refractivity contribution is -0.386. The van der Waals surface area contributed by atoms with E-state index in [2.05, 4.69) is 35.6 Å². The van der Waals surface area contributed by atoms with Crippen LogP contribution in [0.5, 0.6) is 5.75 Å². The molecule has 0 aliphatic carbocycles. The van der Waals surface area contributed by atoms with E-state index < -0.39 is 30.6 Å². The Morgan fingerprint density at radius 1 is 1.26 bits per heavy atom. The number of amides is 2. The van der Waals surface area contributed by atoms with E-state index in [1.54, 1.807) is 0 Å². The molecule has 0 spiro atoms. The first-order valence-electron chi connectivity index (χ1n) is 10.8. The molecule has 2 aromatic rings. The fourth-order valence-corrected chi connectivity index (χ4v) is 5.73. The number of ether oxygens (including phenoxy) is 2. The maximum absolute atomic E-state index is 13.4. The third-order valence-electron chi connectivity index (χ3n) is 5.97. The second kappa shape index (κ2) is 9.09. The van der Waals surface area contributed by atoms with Crippen molar-refractivity contribution in [3.05, 3.63) is 30.1 Å². The van der Waals surface area contributed by atoms with Gasteiger partial charge in [-0.1, -0.05) is 31.2 Å². The third kappa shape index (κ3) is 4.18. The van der Waals surface area contributed by atoms with E-state index in [-0.39, 0.29) is 70.6 Å². The molecule has 1 fully saturated rings. The standard InChI is InChI=1S/C20H24BrClN4O7Si/c1-34(2,3)9-8-32-10-24-12(27)5-4-11(19(24)28)25-16-14(22)13(21)15(26(30)31)18-17(16)23(20(25)29)6-7-33-18/h11H,4-10H2,1-3H3. The number of halogens is 2. The summed E-state index contributed by atoms with van der Waals surface area (Å²) in [4.78, 5) is 51.3. The first-order chi connectivity index (χ1) is 15.9. The fraction of sp³-hybridized carbons (Fsp3) is 0.550. The number of benzene rings is 1. The van der Waals surface area contributed by atoms with Crippen molar-refractivity contribution in [1.29, 1.82) is 0 Å². The van der Waals surface area contributed by atoms with Gasteiger partial charge in [-0.25, -0.2) is 4.79 Å². The highest BCUT2D eigenvalue weighted by molar-refractivity contribution is 9.10. The summed E-state index contributed by atoms with van der Waals surface area (Å²) in [5.74, 6) is -1.02. The molecule has 2 aliphatic rings. The largest absolute Gasteiger partial charge is 0.483 e. The third-order valence-corrected chi connectivity index (χ3v) is 9.04. The molecule has 4 rings (SSSR count). The van der Waals surface area contributed by atoms with Gasteiger partial charge in [0.05, 0.1) is 22.0 Å². The maximum Gasteiger partial charge on any atom is 0.330 e. The predicted octanol–water partition coefficient (Wildman–Crippen LogP) is 3.52. The summed E-state index contributed by atoms with van der Waals surface area (Å²) in [6.45, 7) is 7.03. The lowest BCUT2D eigenvalue weighted by atomic mass is 10.0. The number of carbonyl (C=O) groups is 2. The molecule has 3 heterocycles. The summed E-state index contributed by atoms with van der Waals surface area (Å²) in [6, 6.07) is -0.128. The number of aromatic nitrogens is 2. The highest BCUT2D eigenvalue weighted by atomic mass is 79.9. The van der Waals surface area contributed by atoms with Crippen LogP contribution in [0.25, 0.3) is 11.0 Å². The predicted molar refractivity (Wildman–Crippen MR) is 130 cm³/mol. The molecular weight excluding hydrogens is 552 g/mol. The number of nitro benzene ring substituents is 1. The number of piperidine rings is 1. The van der Waals surface area contributed by atoms with Gasteiger partial charge in [-0.05, 0) is 28.4 Å². The molecule has 0 N–H and O–H groups in total. The lowest BCUT2D eigenvalue weighted by Gasteiger charge is -2.31. The second-order valence-corrected chi connectivity index (χ2v) is 16.3. The summed E-state index contributed by atoms with van der Waals surface area (Å²) in [6.07, 6.45) is 0.144. The molecule has 1 aromatic heterocycles. The molecule has 0 saturated carbocycles. The van der Waals surface area contributed by atoms with Crippen LogP contribution in [0, 0.1) is 10.1 Å². The van der Waals surface area contributed by atoms with Crippen LogP contribution in [0.2, 0.25) is 30.7 Å². The van der Waals surface area contributed by atoms with E-state index in [1.165, 1.54) is 9.13 Å². The van der Waals surface area contributed by atoms with Gasteiger partial charge >= 0.3 is 11.4 Å². The van der Waals surface area contributed by atoms with Crippen molar-refractivity contribution in [1.82, 2.24) is 14.0 Å². The number of carbonyl (C=O) groups excluding carboxylic acids is 2. The summed E-state index contributed by atoms with van der Waals surface area (Å²) in [7, 11) is -1.35. The van der Waals surface area contributed by atoms with Crippen LogP contribution in [-0.2, 0) is 20.9 Å². The van der Waals surface area contributed by atoms with Crippen LogP contribution < -0.4 is 10.4 Å². The van der Waals surface area contributed by atoms with E-state index >= 15 is 0 Å². The quantitative estimate of drug-likeness (QED) is 0.163. The Bertz CT molecular complexity index is 1270. The Hall–Kier alpha value is -2.22. The number of nitrogens with zero attached hydrogens (tertiary/aromatic N) is 4. The molecule has 14 heteroatoms. The monoisotopic (exact) mass is 574 g/mol. The minimum atomic E-state index is -1.35. The molecule has 1 atom stereocenters. The van der Waals surface area contributed by atoms with Gasteiger partial charge in [-0.3, -0.25) is 33.7 Å². The van der Waals surface area contributed by atoms with E-state index in [9.17, 15) is 24.5 Å².